The highest BCUT2D eigenvalue weighted by Gasteiger charge is 2.78. The van der Waals surface area contributed by atoms with Crippen molar-refractivity contribution in [2.75, 3.05) is 6.61 Å². The molecule has 0 aromatic heterocycles. The highest BCUT2D eigenvalue weighted by molar-refractivity contribution is 5.91. The van der Waals surface area contributed by atoms with Gasteiger partial charge in [0.2, 0.25) is 0 Å². The number of esters is 3. The minimum Gasteiger partial charge on any atom is -0.461 e. The monoisotopic (exact) mass is 554 g/mol. The van der Waals surface area contributed by atoms with Crippen molar-refractivity contribution in [3.05, 3.63) is 34.9 Å². The number of carbonyl (C=O) groups is 3. The molecule has 6 rings (SSSR count). The molecular formula is C32H42O8. The van der Waals surface area contributed by atoms with Crippen LogP contribution < -0.4 is 0 Å². The number of aliphatic hydroxyl groups excluding tert-OH is 1. The zero-order chi connectivity index (χ0) is 28.9. The van der Waals surface area contributed by atoms with Crippen LogP contribution in [0.3, 0.4) is 0 Å². The summed E-state index contributed by atoms with van der Waals surface area (Å²) in [5.74, 6) is -1.73. The average Bonchev–Trinajstić information content (AvgIpc) is 3.44. The lowest BCUT2D eigenvalue weighted by Gasteiger charge is -2.44. The van der Waals surface area contributed by atoms with Crippen LogP contribution in [0.1, 0.15) is 73.1 Å². The lowest BCUT2D eigenvalue weighted by molar-refractivity contribution is -0.156. The Hall–Kier alpha value is -2.45. The van der Waals surface area contributed by atoms with E-state index in [0.29, 0.717) is 37.7 Å². The van der Waals surface area contributed by atoms with Gasteiger partial charge in [-0.05, 0) is 63.4 Å². The molecule has 6 aliphatic rings. The summed E-state index contributed by atoms with van der Waals surface area (Å²) in [6, 6.07) is 0. The van der Waals surface area contributed by atoms with Crippen LogP contribution in [0, 0.1) is 40.4 Å². The van der Waals surface area contributed by atoms with Crippen molar-refractivity contribution in [1.82, 2.24) is 0 Å². The van der Waals surface area contributed by atoms with Crippen molar-refractivity contribution in [3.8, 4) is 0 Å². The Labute approximate surface area is 235 Å². The minimum atomic E-state index is -1.12. The summed E-state index contributed by atoms with van der Waals surface area (Å²) in [6.07, 6.45) is 4.19. The first-order valence-electron chi connectivity index (χ1n) is 14.8. The maximum atomic E-state index is 14.1. The Morgan fingerprint density at radius 3 is 2.65 bits per heavy atom. The van der Waals surface area contributed by atoms with E-state index in [9.17, 15) is 24.6 Å². The molecule has 8 nitrogen and oxygen atoms in total. The molecule has 2 heterocycles. The first-order chi connectivity index (χ1) is 18.8. The molecule has 0 aromatic rings. The Balaban J connectivity index is 1.49. The molecule has 218 valence electrons. The summed E-state index contributed by atoms with van der Waals surface area (Å²) in [7, 11) is 0. The minimum absolute atomic E-state index is 0.0228. The molecule has 2 spiro atoms. The predicted octanol–water partition coefficient (Wildman–Crippen LogP) is 3.80. The molecule has 0 amide bonds. The molecule has 0 aromatic carbocycles. The van der Waals surface area contributed by atoms with Gasteiger partial charge in [0.05, 0.1) is 11.0 Å². The second-order valence-corrected chi connectivity index (χ2v) is 13.7. The number of hydrogen-bond acceptors (Lipinski definition) is 8. The van der Waals surface area contributed by atoms with Crippen molar-refractivity contribution in [2.24, 2.45) is 40.4 Å². The van der Waals surface area contributed by atoms with E-state index in [2.05, 4.69) is 33.4 Å². The molecule has 40 heavy (non-hydrogen) atoms. The molecule has 8 heteroatoms. The van der Waals surface area contributed by atoms with Crippen molar-refractivity contribution in [3.63, 3.8) is 0 Å². The fraction of sp³-hybridized carbons (Fsp3) is 0.719. The van der Waals surface area contributed by atoms with Gasteiger partial charge in [0, 0.05) is 48.7 Å². The Morgan fingerprint density at radius 1 is 1.25 bits per heavy atom. The molecule has 2 N–H and O–H groups in total. The number of aliphatic hydroxyl groups is 2. The molecule has 4 fully saturated rings. The first kappa shape index (κ1) is 27.7. The summed E-state index contributed by atoms with van der Waals surface area (Å²) in [5, 5.41) is 20.9. The van der Waals surface area contributed by atoms with Crippen LogP contribution >= 0.6 is 0 Å². The van der Waals surface area contributed by atoms with Gasteiger partial charge in [-0.25, -0.2) is 4.79 Å². The zero-order valence-corrected chi connectivity index (χ0v) is 24.2. The Kier molecular flexibility index (Phi) is 6.25. The topological polar surface area (TPSA) is 119 Å². The molecule has 2 saturated heterocycles. The van der Waals surface area contributed by atoms with Crippen LogP contribution in [0.15, 0.2) is 34.9 Å². The summed E-state index contributed by atoms with van der Waals surface area (Å²) < 4.78 is 18.1. The normalized spacial score (nSPS) is 45.9. The van der Waals surface area contributed by atoms with Gasteiger partial charge in [-0.15, -0.1) is 0 Å². The Morgan fingerprint density at radius 2 is 1.98 bits per heavy atom. The second-order valence-electron chi connectivity index (χ2n) is 13.7. The van der Waals surface area contributed by atoms with Crippen molar-refractivity contribution in [2.45, 2.75) is 97.1 Å². The number of rotatable bonds is 5. The van der Waals surface area contributed by atoms with E-state index in [1.165, 1.54) is 12.5 Å². The van der Waals surface area contributed by atoms with Gasteiger partial charge in [-0.3, -0.25) is 9.59 Å². The van der Waals surface area contributed by atoms with Crippen molar-refractivity contribution < 1.29 is 38.8 Å². The van der Waals surface area contributed by atoms with E-state index in [4.69, 9.17) is 14.2 Å². The number of ether oxygens (including phenoxy) is 3. The molecular weight excluding hydrogens is 512 g/mol. The van der Waals surface area contributed by atoms with Gasteiger partial charge >= 0.3 is 17.9 Å². The lowest BCUT2D eigenvalue weighted by Crippen LogP contribution is -2.47. The largest absolute Gasteiger partial charge is 0.461 e. The zero-order valence-electron chi connectivity index (χ0n) is 24.2. The third kappa shape index (κ3) is 3.47. The number of fused-ring (bicyclic) bond motifs is 5. The third-order valence-corrected chi connectivity index (χ3v) is 11.6. The van der Waals surface area contributed by atoms with Crippen LogP contribution in [-0.4, -0.2) is 58.6 Å². The smallest absolute Gasteiger partial charge is 0.334 e. The van der Waals surface area contributed by atoms with Gasteiger partial charge in [-0.2, -0.15) is 0 Å². The van der Waals surface area contributed by atoms with Gasteiger partial charge in [0.1, 0.15) is 18.3 Å². The maximum Gasteiger partial charge on any atom is 0.334 e. The van der Waals surface area contributed by atoms with Gasteiger partial charge < -0.3 is 24.4 Å². The van der Waals surface area contributed by atoms with Crippen LogP contribution in [0.4, 0.5) is 0 Å². The van der Waals surface area contributed by atoms with Gasteiger partial charge in [-0.1, -0.05) is 37.6 Å². The lowest BCUT2D eigenvalue weighted by atomic mass is 9.56. The summed E-state index contributed by atoms with van der Waals surface area (Å²) in [5.41, 5.74) is 0.984. The van der Waals surface area contributed by atoms with Gasteiger partial charge in [0.15, 0.2) is 0 Å². The van der Waals surface area contributed by atoms with Crippen LogP contribution in [0.5, 0.6) is 0 Å². The van der Waals surface area contributed by atoms with Crippen LogP contribution in [0.25, 0.3) is 0 Å². The molecule has 0 radical (unpaired) electrons. The summed E-state index contributed by atoms with van der Waals surface area (Å²) in [4.78, 5) is 39.1. The predicted molar refractivity (Wildman–Crippen MR) is 144 cm³/mol. The van der Waals surface area contributed by atoms with E-state index in [0.717, 1.165) is 17.6 Å². The first-order valence-corrected chi connectivity index (χ1v) is 14.8. The van der Waals surface area contributed by atoms with Crippen molar-refractivity contribution in [1.29, 1.82) is 0 Å². The fourth-order valence-corrected chi connectivity index (χ4v) is 9.95. The van der Waals surface area contributed by atoms with Crippen LogP contribution in [0.2, 0.25) is 0 Å². The molecule has 2 aliphatic heterocycles. The number of hydrogen-bond donors (Lipinski definition) is 2. The van der Waals surface area contributed by atoms with E-state index >= 15 is 0 Å². The third-order valence-electron chi connectivity index (χ3n) is 11.6. The van der Waals surface area contributed by atoms with Crippen molar-refractivity contribution >= 4 is 17.9 Å². The van der Waals surface area contributed by atoms with Crippen LogP contribution in [-0.2, 0) is 28.6 Å². The fourth-order valence-electron chi connectivity index (χ4n) is 9.95. The van der Waals surface area contributed by atoms with Gasteiger partial charge in [0.25, 0.3) is 0 Å². The molecule has 4 aliphatic carbocycles. The van der Waals surface area contributed by atoms with E-state index < -0.39 is 28.6 Å². The van der Waals surface area contributed by atoms with E-state index in [1.54, 1.807) is 6.92 Å². The molecule has 2 saturated carbocycles. The standard InChI is InChI=1S/C32H42O8/c1-15(8-7-9-33)21-12-23-25(13-30(21,6)37)40-29(36)32(23)14-31-16(2)10-24-20(17(3)28(35)39-24)11-22(31)18(4)26(32)27(31)38-19(5)34/h12,15-16,20,23-27,33,37H,3,7-11,13-14H2,1-2,4-6H3/t15-,16-,20+,23-,24-,25+,26-,27?,30-,31-,32-/m0/s1. The van der Waals surface area contributed by atoms with E-state index in [1.807, 2.05) is 0 Å². The van der Waals surface area contributed by atoms with E-state index in [-0.39, 0.29) is 60.2 Å². The highest BCUT2D eigenvalue weighted by Crippen LogP contribution is 2.75. The SMILES string of the molecule is C=C1C(=O)O[C@H]2C[C@H](C)[C@@]34C[C@@]5(C(=O)O[C@@H]6C[C@](C)(O)C([C@@H](C)CCCO)=C[C@@H]65)[C@@H](C(C)=C3C[C@H]12)C4OC(C)=O. The molecule has 2 bridgehead atoms. The maximum absolute atomic E-state index is 14.1. The molecule has 11 atom stereocenters. The Bertz CT molecular complexity index is 1240. The molecule has 1 unspecified atom stereocenters. The quantitative estimate of drug-likeness (QED) is 0.228. The number of carbonyl (C=O) groups excluding carboxylic acids is 3. The second kappa shape index (κ2) is 9.02. The average molecular weight is 555 g/mol. The summed E-state index contributed by atoms with van der Waals surface area (Å²) in [6.45, 7) is 13.6. The highest BCUT2D eigenvalue weighted by atomic mass is 16.6. The summed E-state index contributed by atoms with van der Waals surface area (Å²) >= 11 is 0.